The van der Waals surface area contributed by atoms with Crippen LogP contribution in [-0.2, 0) is 32.0 Å². The average Bonchev–Trinajstić information content (AvgIpc) is 3.65. The number of carbonyl (C=O) groups is 4. The first-order valence-electron chi connectivity index (χ1n) is 12.3. The molecule has 3 heterocycles. The van der Waals surface area contributed by atoms with E-state index in [-0.39, 0.29) is 19.4 Å². The van der Waals surface area contributed by atoms with E-state index in [9.17, 15) is 24.3 Å². The number of rotatable bonds is 14. The van der Waals surface area contributed by atoms with Gasteiger partial charge in [-0.3, -0.25) is 14.4 Å². The molecule has 1 aliphatic rings. The van der Waals surface area contributed by atoms with Gasteiger partial charge in [0.2, 0.25) is 17.7 Å². The van der Waals surface area contributed by atoms with Crippen molar-refractivity contribution in [1.29, 1.82) is 0 Å². The summed E-state index contributed by atoms with van der Waals surface area (Å²) in [6.07, 6.45) is 8.80. The third-order valence-electron chi connectivity index (χ3n) is 6.33. The minimum absolute atomic E-state index is 0.0662. The summed E-state index contributed by atoms with van der Waals surface area (Å²) < 4.78 is 0. The summed E-state index contributed by atoms with van der Waals surface area (Å²) >= 11 is 0. The van der Waals surface area contributed by atoms with Gasteiger partial charge in [-0.1, -0.05) is 6.42 Å². The van der Waals surface area contributed by atoms with Gasteiger partial charge in [-0.05, 0) is 32.2 Å². The molecule has 0 bridgehead atoms. The number of carbonyl (C=O) groups excluding carboxylic acids is 3. The molecule has 14 heteroatoms. The zero-order valence-electron chi connectivity index (χ0n) is 20.6. The van der Waals surface area contributed by atoms with Gasteiger partial charge >= 0.3 is 5.97 Å². The highest BCUT2D eigenvalue weighted by molar-refractivity contribution is 5.94. The molecule has 202 valence electrons. The molecule has 0 spiro atoms. The van der Waals surface area contributed by atoms with E-state index in [0.717, 1.165) is 6.42 Å². The molecule has 0 aromatic carbocycles. The van der Waals surface area contributed by atoms with Crippen molar-refractivity contribution < 1.29 is 24.3 Å². The van der Waals surface area contributed by atoms with Crippen molar-refractivity contribution in [2.45, 2.75) is 69.1 Å². The molecular formula is C23H35N9O5. The number of carboxylic acid groups (broad SMARTS) is 1. The van der Waals surface area contributed by atoms with Crippen molar-refractivity contribution >= 4 is 23.7 Å². The summed E-state index contributed by atoms with van der Waals surface area (Å²) in [6.45, 7) is 0.766. The number of H-pyrrole nitrogens is 2. The third-order valence-corrected chi connectivity index (χ3v) is 6.33. The summed E-state index contributed by atoms with van der Waals surface area (Å²) in [5.74, 6) is -2.72. The Hall–Kier alpha value is -3.78. The van der Waals surface area contributed by atoms with Crippen LogP contribution in [0.1, 0.15) is 43.5 Å². The predicted molar refractivity (Wildman–Crippen MR) is 132 cm³/mol. The Morgan fingerprint density at radius 3 is 2.22 bits per heavy atom. The first-order valence-corrected chi connectivity index (χ1v) is 12.3. The Morgan fingerprint density at radius 2 is 1.65 bits per heavy atom. The van der Waals surface area contributed by atoms with Crippen molar-refractivity contribution in [3.8, 4) is 0 Å². The van der Waals surface area contributed by atoms with Crippen molar-refractivity contribution in [2.75, 3.05) is 13.1 Å². The number of hydrogen-bond acceptors (Lipinski definition) is 8. The highest BCUT2D eigenvalue weighted by atomic mass is 16.4. The fraction of sp³-hybridized carbons (Fsp3) is 0.565. The Labute approximate surface area is 214 Å². The van der Waals surface area contributed by atoms with Gasteiger partial charge in [-0.2, -0.15) is 0 Å². The molecule has 1 saturated heterocycles. The molecule has 3 rings (SSSR count). The van der Waals surface area contributed by atoms with Crippen molar-refractivity contribution in [2.24, 2.45) is 11.5 Å². The fourth-order valence-corrected chi connectivity index (χ4v) is 4.32. The van der Waals surface area contributed by atoms with Gasteiger partial charge in [-0.15, -0.1) is 0 Å². The van der Waals surface area contributed by atoms with Crippen molar-refractivity contribution in [1.82, 2.24) is 35.5 Å². The monoisotopic (exact) mass is 517 g/mol. The lowest BCUT2D eigenvalue weighted by molar-refractivity contribution is -0.149. The maximum Gasteiger partial charge on any atom is 0.326 e. The predicted octanol–water partition coefficient (Wildman–Crippen LogP) is -1.58. The highest BCUT2D eigenvalue weighted by Crippen LogP contribution is 2.19. The number of imidazole rings is 2. The average molecular weight is 518 g/mol. The molecular weight excluding hydrogens is 482 g/mol. The Morgan fingerprint density at radius 1 is 1.03 bits per heavy atom. The molecule has 4 unspecified atom stereocenters. The lowest BCUT2D eigenvalue weighted by Crippen LogP contribution is -2.58. The highest BCUT2D eigenvalue weighted by Gasteiger charge is 2.38. The van der Waals surface area contributed by atoms with Gasteiger partial charge in [-0.25, -0.2) is 14.8 Å². The number of aromatic amines is 2. The van der Waals surface area contributed by atoms with Crippen LogP contribution in [0.2, 0.25) is 0 Å². The van der Waals surface area contributed by atoms with Gasteiger partial charge < -0.3 is 42.1 Å². The third kappa shape index (κ3) is 7.85. The quantitative estimate of drug-likeness (QED) is 0.143. The summed E-state index contributed by atoms with van der Waals surface area (Å²) in [6, 6.07) is -3.92. The summed E-state index contributed by atoms with van der Waals surface area (Å²) in [5, 5.41) is 15.0. The van der Waals surface area contributed by atoms with Crippen molar-refractivity contribution in [3.05, 3.63) is 36.4 Å². The largest absolute Gasteiger partial charge is 0.480 e. The second-order valence-corrected chi connectivity index (χ2v) is 9.10. The molecule has 1 aliphatic heterocycles. The van der Waals surface area contributed by atoms with E-state index < -0.39 is 47.9 Å². The maximum atomic E-state index is 13.4. The van der Waals surface area contributed by atoms with E-state index in [1.165, 1.54) is 29.9 Å². The van der Waals surface area contributed by atoms with Crippen molar-refractivity contribution in [3.63, 3.8) is 0 Å². The molecule has 37 heavy (non-hydrogen) atoms. The molecule has 2 aromatic rings. The van der Waals surface area contributed by atoms with E-state index in [1.54, 1.807) is 0 Å². The van der Waals surface area contributed by atoms with E-state index >= 15 is 0 Å². The first kappa shape index (κ1) is 27.8. The van der Waals surface area contributed by atoms with Crippen LogP contribution in [-0.4, -0.2) is 90.9 Å². The molecule has 0 saturated carbocycles. The fourth-order valence-electron chi connectivity index (χ4n) is 4.32. The van der Waals surface area contributed by atoms with Gasteiger partial charge in [0, 0.05) is 43.2 Å². The van der Waals surface area contributed by atoms with Gasteiger partial charge in [0.05, 0.1) is 18.7 Å². The summed E-state index contributed by atoms with van der Waals surface area (Å²) in [4.78, 5) is 66.3. The lowest BCUT2D eigenvalue weighted by Gasteiger charge is -2.28. The second-order valence-electron chi connectivity index (χ2n) is 9.10. The number of hydrogen-bond donors (Lipinski definition) is 7. The number of carboxylic acids is 1. The number of aliphatic carboxylic acids is 1. The Bertz CT molecular complexity index is 1030. The molecule has 9 N–H and O–H groups in total. The second kappa shape index (κ2) is 13.5. The molecule has 14 nitrogen and oxygen atoms in total. The minimum Gasteiger partial charge on any atom is -0.480 e. The summed E-state index contributed by atoms with van der Waals surface area (Å²) in [5.41, 5.74) is 12.7. The molecule has 4 atom stereocenters. The first-order chi connectivity index (χ1) is 17.8. The number of unbranched alkanes of at least 4 members (excludes halogenated alkanes) is 1. The molecule has 3 amide bonds. The van der Waals surface area contributed by atoms with Gasteiger partial charge in [0.25, 0.3) is 0 Å². The van der Waals surface area contributed by atoms with E-state index in [0.29, 0.717) is 43.6 Å². The molecule has 0 aliphatic carbocycles. The van der Waals surface area contributed by atoms with E-state index in [2.05, 4.69) is 30.6 Å². The van der Waals surface area contributed by atoms with E-state index in [1.807, 2.05) is 0 Å². The number of amides is 3. The SMILES string of the molecule is NCCCCC(N)C(=O)NC(Cc1cnc[nH]1)C(=O)NC(Cc1cnc[nH]1)C(=O)N1CCCC1C(=O)O. The van der Waals surface area contributed by atoms with Crippen LogP contribution in [0.5, 0.6) is 0 Å². The van der Waals surface area contributed by atoms with Crippen LogP contribution in [0.3, 0.4) is 0 Å². The number of nitrogens with zero attached hydrogens (tertiary/aromatic N) is 3. The van der Waals surface area contributed by atoms with Crippen LogP contribution in [0, 0.1) is 0 Å². The zero-order valence-corrected chi connectivity index (χ0v) is 20.6. The van der Waals surface area contributed by atoms with Crippen LogP contribution in [0.4, 0.5) is 0 Å². The van der Waals surface area contributed by atoms with Gasteiger partial charge in [0.1, 0.15) is 18.1 Å². The van der Waals surface area contributed by atoms with Crippen LogP contribution in [0.15, 0.2) is 25.0 Å². The topological polar surface area (TPSA) is 225 Å². The molecule has 0 radical (unpaired) electrons. The van der Waals surface area contributed by atoms with Gasteiger partial charge in [0.15, 0.2) is 0 Å². The molecule has 2 aromatic heterocycles. The zero-order chi connectivity index (χ0) is 26.8. The molecule has 1 fully saturated rings. The maximum absolute atomic E-state index is 13.4. The standard InChI is InChI=1S/C23H35N9O5/c24-6-2-1-4-16(25)20(33)30-17(8-14-10-26-12-28-14)21(34)31-18(9-15-11-27-13-29-15)22(35)32-7-3-5-19(32)23(36)37/h10-13,16-19H,1-9,24-25H2,(H,26,28)(H,27,29)(H,30,33)(H,31,34)(H,36,37). The Balaban J connectivity index is 1.77. The normalized spacial score (nSPS) is 17.7. The summed E-state index contributed by atoms with van der Waals surface area (Å²) in [7, 11) is 0. The number of nitrogens with one attached hydrogen (secondary N) is 4. The van der Waals surface area contributed by atoms with Crippen LogP contribution >= 0.6 is 0 Å². The van der Waals surface area contributed by atoms with E-state index in [4.69, 9.17) is 11.5 Å². The lowest BCUT2D eigenvalue weighted by atomic mass is 10.1. The Kier molecular flexibility index (Phi) is 10.1. The smallest absolute Gasteiger partial charge is 0.326 e. The number of likely N-dealkylation sites (tertiary alicyclic amines) is 1. The minimum atomic E-state index is -1.09. The number of nitrogens with two attached hydrogens (primary N) is 2. The van der Waals surface area contributed by atoms with Crippen LogP contribution in [0.25, 0.3) is 0 Å². The van der Waals surface area contributed by atoms with Crippen LogP contribution < -0.4 is 22.1 Å². The number of aromatic nitrogens is 4.